The molecule has 1 nitrogen and oxygen atoms in total. The standard InChI is InChI=1S/C14H9ClF3N/c15-13-8-11(14(16,17)18)7-6-10(13)9-19-12-4-2-1-3-5-12/h1-9H/b19-9+. The van der Waals surface area contributed by atoms with Crippen molar-refractivity contribution in [1.82, 2.24) is 0 Å². The summed E-state index contributed by atoms with van der Waals surface area (Å²) in [6.07, 6.45) is -2.95. The van der Waals surface area contributed by atoms with Gasteiger partial charge in [0.1, 0.15) is 0 Å². The molecule has 2 rings (SSSR count). The van der Waals surface area contributed by atoms with Gasteiger partial charge >= 0.3 is 6.18 Å². The summed E-state index contributed by atoms with van der Waals surface area (Å²) in [5.41, 5.74) is 0.381. The average Bonchev–Trinajstić information content (AvgIpc) is 2.37. The molecule has 5 heteroatoms. The van der Waals surface area contributed by atoms with Crippen molar-refractivity contribution in [2.24, 2.45) is 4.99 Å². The van der Waals surface area contributed by atoms with E-state index in [9.17, 15) is 13.2 Å². The van der Waals surface area contributed by atoms with E-state index < -0.39 is 11.7 Å². The lowest BCUT2D eigenvalue weighted by atomic mass is 10.1. The number of hydrogen-bond donors (Lipinski definition) is 0. The van der Waals surface area contributed by atoms with E-state index in [0.717, 1.165) is 12.1 Å². The third-order valence-corrected chi connectivity index (χ3v) is 2.76. The van der Waals surface area contributed by atoms with Gasteiger partial charge in [-0.05, 0) is 24.3 Å². The molecule has 0 aliphatic heterocycles. The fourth-order valence-electron chi connectivity index (χ4n) is 1.47. The van der Waals surface area contributed by atoms with Crippen LogP contribution in [0.25, 0.3) is 0 Å². The summed E-state index contributed by atoms with van der Waals surface area (Å²) in [6, 6.07) is 12.2. The molecule has 0 unspecified atom stereocenters. The molecule has 0 radical (unpaired) electrons. The Morgan fingerprint density at radius 3 is 2.26 bits per heavy atom. The maximum Gasteiger partial charge on any atom is 0.416 e. The van der Waals surface area contributed by atoms with Gasteiger partial charge in [0.05, 0.1) is 11.3 Å². The third kappa shape index (κ3) is 3.58. The summed E-state index contributed by atoms with van der Waals surface area (Å²) in [7, 11) is 0. The topological polar surface area (TPSA) is 12.4 Å². The van der Waals surface area contributed by atoms with Crippen LogP contribution in [-0.4, -0.2) is 6.21 Å². The molecule has 0 heterocycles. The molecule has 0 aliphatic rings. The zero-order valence-corrected chi connectivity index (χ0v) is 10.4. The first-order valence-corrected chi connectivity index (χ1v) is 5.80. The lowest BCUT2D eigenvalue weighted by Crippen LogP contribution is -2.04. The van der Waals surface area contributed by atoms with Crippen LogP contribution < -0.4 is 0 Å². The van der Waals surface area contributed by atoms with E-state index >= 15 is 0 Å². The van der Waals surface area contributed by atoms with E-state index in [4.69, 9.17) is 11.6 Å². The fraction of sp³-hybridized carbons (Fsp3) is 0.0714. The number of benzene rings is 2. The number of nitrogens with zero attached hydrogens (tertiary/aromatic N) is 1. The Balaban J connectivity index is 2.25. The van der Waals surface area contributed by atoms with E-state index in [2.05, 4.69) is 4.99 Å². The summed E-state index contributed by atoms with van der Waals surface area (Å²) >= 11 is 5.81. The van der Waals surface area contributed by atoms with Crippen LogP contribution in [0.1, 0.15) is 11.1 Å². The lowest BCUT2D eigenvalue weighted by Gasteiger charge is -2.07. The minimum Gasteiger partial charge on any atom is -0.256 e. The first kappa shape index (κ1) is 13.6. The van der Waals surface area contributed by atoms with Crippen LogP contribution in [0.2, 0.25) is 5.02 Å². The third-order valence-electron chi connectivity index (χ3n) is 2.44. The van der Waals surface area contributed by atoms with Gasteiger partial charge in [0, 0.05) is 16.8 Å². The van der Waals surface area contributed by atoms with Crippen LogP contribution in [0.4, 0.5) is 18.9 Å². The predicted molar refractivity (Wildman–Crippen MR) is 70.2 cm³/mol. The Bertz CT molecular complexity index is 591. The van der Waals surface area contributed by atoms with E-state index in [0.29, 0.717) is 11.3 Å². The summed E-state index contributed by atoms with van der Waals surface area (Å²) < 4.78 is 37.4. The maximum atomic E-state index is 12.5. The van der Waals surface area contributed by atoms with E-state index in [1.807, 2.05) is 18.2 Å². The van der Waals surface area contributed by atoms with E-state index in [-0.39, 0.29) is 5.02 Å². The number of aliphatic imine (C=N–C) groups is 1. The number of alkyl halides is 3. The second kappa shape index (κ2) is 5.45. The van der Waals surface area contributed by atoms with Gasteiger partial charge in [-0.2, -0.15) is 13.2 Å². The van der Waals surface area contributed by atoms with Crippen molar-refractivity contribution in [2.45, 2.75) is 6.18 Å². The second-order valence-corrected chi connectivity index (χ2v) is 4.23. The van der Waals surface area contributed by atoms with Gasteiger partial charge in [0.2, 0.25) is 0 Å². The molecule has 0 bridgehead atoms. The summed E-state index contributed by atoms with van der Waals surface area (Å²) in [6.45, 7) is 0. The van der Waals surface area contributed by atoms with Crippen molar-refractivity contribution in [3.8, 4) is 0 Å². The first-order valence-electron chi connectivity index (χ1n) is 5.43. The fourth-order valence-corrected chi connectivity index (χ4v) is 1.70. The Morgan fingerprint density at radius 1 is 1.00 bits per heavy atom. The molecular formula is C14H9ClF3N. The highest BCUT2D eigenvalue weighted by Crippen LogP contribution is 2.31. The van der Waals surface area contributed by atoms with Crippen LogP contribution in [-0.2, 0) is 6.18 Å². The van der Waals surface area contributed by atoms with Crippen molar-refractivity contribution in [3.63, 3.8) is 0 Å². The Hall–Kier alpha value is -1.81. The van der Waals surface area contributed by atoms with Crippen molar-refractivity contribution in [3.05, 3.63) is 64.7 Å². The van der Waals surface area contributed by atoms with Gasteiger partial charge in [-0.15, -0.1) is 0 Å². The van der Waals surface area contributed by atoms with E-state index in [1.54, 1.807) is 12.1 Å². The molecule has 0 aliphatic carbocycles. The Labute approximate surface area is 113 Å². The highest BCUT2D eigenvalue weighted by atomic mass is 35.5. The Kier molecular flexibility index (Phi) is 3.90. The average molecular weight is 284 g/mol. The number of hydrogen-bond acceptors (Lipinski definition) is 1. The van der Waals surface area contributed by atoms with Crippen LogP contribution in [0.3, 0.4) is 0 Å². The quantitative estimate of drug-likeness (QED) is 0.679. The van der Waals surface area contributed by atoms with Gasteiger partial charge in [-0.3, -0.25) is 4.99 Å². The van der Waals surface area contributed by atoms with Crippen LogP contribution >= 0.6 is 11.6 Å². The maximum absolute atomic E-state index is 12.5. The van der Waals surface area contributed by atoms with Crippen LogP contribution in [0.15, 0.2) is 53.5 Å². The molecule has 98 valence electrons. The van der Waals surface area contributed by atoms with Gasteiger partial charge in [0.15, 0.2) is 0 Å². The molecule has 0 aromatic heterocycles. The smallest absolute Gasteiger partial charge is 0.256 e. The number of halogens is 4. The predicted octanol–water partition coefficient (Wildman–Crippen LogP) is 5.11. The van der Waals surface area contributed by atoms with Crippen molar-refractivity contribution in [1.29, 1.82) is 0 Å². The van der Waals surface area contributed by atoms with Crippen LogP contribution in [0, 0.1) is 0 Å². The first-order chi connectivity index (χ1) is 8.97. The zero-order chi connectivity index (χ0) is 13.9. The summed E-state index contributed by atoms with van der Waals surface area (Å²) in [5, 5.41) is 0.0227. The molecule has 2 aromatic carbocycles. The van der Waals surface area contributed by atoms with Crippen molar-refractivity contribution in [2.75, 3.05) is 0 Å². The molecule has 2 aromatic rings. The normalized spacial score (nSPS) is 12.0. The highest BCUT2D eigenvalue weighted by Gasteiger charge is 2.30. The number of rotatable bonds is 2. The van der Waals surface area contributed by atoms with Gasteiger partial charge in [0.25, 0.3) is 0 Å². The SMILES string of the molecule is FC(F)(F)c1ccc(/C=N/c2ccccc2)c(Cl)c1. The molecular weight excluding hydrogens is 275 g/mol. The lowest BCUT2D eigenvalue weighted by molar-refractivity contribution is -0.137. The molecule has 0 amide bonds. The summed E-state index contributed by atoms with van der Waals surface area (Å²) in [5.74, 6) is 0. The summed E-state index contributed by atoms with van der Waals surface area (Å²) in [4.78, 5) is 4.14. The highest BCUT2D eigenvalue weighted by molar-refractivity contribution is 6.33. The molecule has 0 atom stereocenters. The Morgan fingerprint density at radius 2 is 1.68 bits per heavy atom. The number of para-hydroxylation sites is 1. The molecule has 0 saturated heterocycles. The second-order valence-electron chi connectivity index (χ2n) is 3.83. The molecule has 0 N–H and O–H groups in total. The van der Waals surface area contributed by atoms with E-state index in [1.165, 1.54) is 12.3 Å². The van der Waals surface area contributed by atoms with Crippen molar-refractivity contribution >= 4 is 23.5 Å². The molecule has 0 saturated carbocycles. The largest absolute Gasteiger partial charge is 0.416 e. The molecule has 0 spiro atoms. The van der Waals surface area contributed by atoms with Gasteiger partial charge < -0.3 is 0 Å². The molecule has 19 heavy (non-hydrogen) atoms. The minimum absolute atomic E-state index is 0.0227. The zero-order valence-electron chi connectivity index (χ0n) is 9.66. The van der Waals surface area contributed by atoms with Crippen molar-refractivity contribution < 1.29 is 13.2 Å². The van der Waals surface area contributed by atoms with Gasteiger partial charge in [-0.25, -0.2) is 0 Å². The minimum atomic E-state index is -4.39. The van der Waals surface area contributed by atoms with Crippen LogP contribution in [0.5, 0.6) is 0 Å². The molecule has 0 fully saturated rings. The monoisotopic (exact) mass is 283 g/mol. The van der Waals surface area contributed by atoms with Gasteiger partial charge in [-0.1, -0.05) is 35.9 Å².